The van der Waals surface area contributed by atoms with E-state index in [9.17, 15) is 0 Å². The van der Waals surface area contributed by atoms with E-state index in [0.29, 0.717) is 11.5 Å². The Morgan fingerprint density at radius 3 is 1.48 bits per heavy atom. The minimum atomic E-state index is -2.89. The zero-order chi connectivity index (χ0) is 21.7. The predicted octanol–water partition coefficient (Wildman–Crippen LogP) is 2.75. The Hall–Kier alpha value is -2.04. The zero-order valence-corrected chi connectivity index (χ0v) is 12.7. The van der Waals surface area contributed by atoms with Crippen LogP contribution in [0.5, 0.6) is 11.5 Å². The number of rotatable bonds is 8. The normalized spacial score (nSPS) is 16.3. The monoisotopic (exact) mass is 322 g/mol. The third kappa shape index (κ3) is 4.47. The van der Waals surface area contributed by atoms with Gasteiger partial charge in [-0.15, -0.1) is 0 Å². The Labute approximate surface area is 145 Å². The lowest BCUT2D eigenvalue weighted by molar-refractivity contribution is 0.201. The van der Waals surface area contributed by atoms with Gasteiger partial charge in [-0.1, -0.05) is 38.0 Å². The van der Waals surface area contributed by atoms with Crippen molar-refractivity contribution in [2.75, 3.05) is 26.4 Å². The molecule has 2 aromatic rings. The van der Waals surface area contributed by atoms with Crippen molar-refractivity contribution in [2.45, 2.75) is 19.1 Å². The first-order valence-electron chi connectivity index (χ1n) is 10.3. The Bertz CT molecular complexity index is 702. The molecule has 23 heavy (non-hydrogen) atoms. The van der Waals surface area contributed by atoms with Gasteiger partial charge in [0.25, 0.3) is 0 Å². The lowest BCUT2D eigenvalue weighted by Gasteiger charge is -2.26. The van der Waals surface area contributed by atoms with Crippen LogP contribution in [0.4, 0.5) is 0 Å². The second-order valence-corrected chi connectivity index (χ2v) is 4.94. The molecular formula is C19H24O4. The summed E-state index contributed by atoms with van der Waals surface area (Å²) in [7, 11) is 0. The molecule has 0 atom stereocenters. The lowest BCUT2D eigenvalue weighted by atomic mass is 9.78. The number of benzene rings is 2. The minimum absolute atomic E-state index is 0.0678. The highest BCUT2D eigenvalue weighted by molar-refractivity contribution is 5.41. The van der Waals surface area contributed by atoms with E-state index in [1.54, 1.807) is 0 Å². The van der Waals surface area contributed by atoms with Crippen LogP contribution in [0, 0.1) is 0 Å². The van der Waals surface area contributed by atoms with E-state index in [2.05, 4.69) is 0 Å². The fourth-order valence-corrected chi connectivity index (χ4v) is 2.10. The highest BCUT2D eigenvalue weighted by atomic mass is 16.5. The van der Waals surface area contributed by atoms with Gasteiger partial charge < -0.3 is 19.7 Å². The number of aliphatic hydroxyl groups is 2. The molecule has 2 rings (SSSR count). The van der Waals surface area contributed by atoms with E-state index in [1.807, 2.05) is 0 Å². The van der Waals surface area contributed by atoms with E-state index in [0.717, 1.165) is 0 Å². The van der Waals surface area contributed by atoms with Crippen molar-refractivity contribution in [1.82, 2.24) is 0 Å². The number of aliphatic hydroxyl groups excluding tert-OH is 2. The highest BCUT2D eigenvalue weighted by Crippen LogP contribution is 2.33. The van der Waals surface area contributed by atoms with E-state index in [1.165, 1.54) is 48.5 Å². The summed E-state index contributed by atoms with van der Waals surface area (Å²) in [6.45, 7) is -6.00. The van der Waals surface area contributed by atoms with Crippen molar-refractivity contribution in [3.63, 3.8) is 0 Å². The molecule has 0 amide bonds. The Kier molecular flexibility index (Phi) is 3.71. The standard InChI is InChI=1S/C19H24O4/c1-19(2,15-3-7-17(8-4-15)22-13-11-20)16-5-9-18(10-6-16)23-14-12-21/h3-10,20-21H,11-14H2,1-2H3/i1D3,2D3. The predicted molar refractivity (Wildman–Crippen MR) is 90.2 cm³/mol. The van der Waals surface area contributed by atoms with Crippen molar-refractivity contribution in [2.24, 2.45) is 0 Å². The molecule has 0 bridgehead atoms. The number of ether oxygens (including phenoxy) is 2. The summed E-state index contributed by atoms with van der Waals surface area (Å²) in [6.07, 6.45) is 0. The molecule has 0 aliphatic heterocycles. The summed E-state index contributed by atoms with van der Waals surface area (Å²) in [5.74, 6) is 0.779. The maximum absolute atomic E-state index is 8.85. The van der Waals surface area contributed by atoms with Gasteiger partial charge in [0.2, 0.25) is 0 Å². The van der Waals surface area contributed by atoms with Crippen LogP contribution in [0.25, 0.3) is 0 Å². The van der Waals surface area contributed by atoms with Gasteiger partial charge in [0.1, 0.15) is 24.7 Å². The van der Waals surface area contributed by atoms with E-state index in [-0.39, 0.29) is 37.6 Å². The van der Waals surface area contributed by atoms with E-state index in [4.69, 9.17) is 27.9 Å². The molecule has 4 nitrogen and oxygen atoms in total. The summed E-state index contributed by atoms with van der Waals surface area (Å²) in [4.78, 5) is 0. The van der Waals surface area contributed by atoms with Crippen LogP contribution in [0.1, 0.15) is 33.1 Å². The van der Waals surface area contributed by atoms with Crippen LogP contribution in [0.2, 0.25) is 0 Å². The van der Waals surface area contributed by atoms with Crippen LogP contribution >= 0.6 is 0 Å². The number of hydrogen-bond donors (Lipinski definition) is 2. The molecule has 2 N–H and O–H groups in total. The average Bonchev–Trinajstić information content (AvgIpc) is 2.65. The molecule has 0 heterocycles. The largest absolute Gasteiger partial charge is 0.491 e. The first-order valence-corrected chi connectivity index (χ1v) is 7.26. The van der Waals surface area contributed by atoms with Crippen molar-refractivity contribution in [3.8, 4) is 11.5 Å². The Morgan fingerprint density at radius 1 is 0.783 bits per heavy atom. The smallest absolute Gasteiger partial charge is 0.119 e. The maximum atomic E-state index is 8.85. The molecule has 4 heteroatoms. The van der Waals surface area contributed by atoms with Crippen molar-refractivity contribution < 1.29 is 27.9 Å². The SMILES string of the molecule is [2H]C([2H])([2H])C(c1ccc(OCCO)cc1)(c1ccc(OCCO)cc1)C([2H])([2H])[2H]. The molecule has 0 aliphatic rings. The maximum Gasteiger partial charge on any atom is 0.119 e. The molecule has 0 unspecified atom stereocenters. The van der Waals surface area contributed by atoms with Gasteiger partial charge in [-0.25, -0.2) is 0 Å². The van der Waals surface area contributed by atoms with Gasteiger partial charge in [0.15, 0.2) is 0 Å². The summed E-state index contributed by atoms with van der Waals surface area (Å²) in [6, 6.07) is 11.6. The molecule has 0 aliphatic carbocycles. The van der Waals surface area contributed by atoms with Gasteiger partial charge in [-0.2, -0.15) is 0 Å². The summed E-state index contributed by atoms with van der Waals surface area (Å²) in [5, 5.41) is 17.7. The van der Waals surface area contributed by atoms with Crippen LogP contribution in [0.3, 0.4) is 0 Å². The average molecular weight is 322 g/mol. The first-order chi connectivity index (χ1) is 13.6. The van der Waals surface area contributed by atoms with Crippen molar-refractivity contribution >= 4 is 0 Å². The molecule has 2 aromatic carbocycles. The van der Waals surface area contributed by atoms with Crippen LogP contribution < -0.4 is 9.47 Å². The number of hydrogen-bond acceptors (Lipinski definition) is 4. The summed E-state index contributed by atoms with van der Waals surface area (Å²) >= 11 is 0. The van der Waals surface area contributed by atoms with Crippen molar-refractivity contribution in [1.29, 1.82) is 0 Å². The first kappa shape index (κ1) is 10.7. The van der Waals surface area contributed by atoms with Gasteiger partial charge in [-0.05, 0) is 35.4 Å². The molecule has 0 spiro atoms. The minimum Gasteiger partial charge on any atom is -0.491 e. The molecule has 0 saturated heterocycles. The topological polar surface area (TPSA) is 58.9 Å². The molecule has 0 radical (unpaired) electrons. The van der Waals surface area contributed by atoms with E-state index >= 15 is 0 Å². The van der Waals surface area contributed by atoms with Crippen LogP contribution in [0.15, 0.2) is 48.5 Å². The Balaban J connectivity index is 2.60. The van der Waals surface area contributed by atoms with Gasteiger partial charge in [-0.3, -0.25) is 0 Å². The molecule has 124 valence electrons. The zero-order valence-electron chi connectivity index (χ0n) is 18.7. The Morgan fingerprint density at radius 2 is 1.17 bits per heavy atom. The van der Waals surface area contributed by atoms with E-state index < -0.39 is 19.1 Å². The summed E-state index contributed by atoms with van der Waals surface area (Å²) < 4.78 is 59.4. The molecule has 0 fully saturated rings. The third-order valence-electron chi connectivity index (χ3n) is 3.29. The van der Waals surface area contributed by atoms with Crippen LogP contribution in [-0.4, -0.2) is 36.6 Å². The summed E-state index contributed by atoms with van der Waals surface area (Å²) in [5.41, 5.74) is -2.08. The van der Waals surface area contributed by atoms with Gasteiger partial charge in [0.05, 0.1) is 13.2 Å². The third-order valence-corrected chi connectivity index (χ3v) is 3.29. The van der Waals surface area contributed by atoms with Crippen LogP contribution in [-0.2, 0) is 5.41 Å². The molecule has 0 saturated carbocycles. The van der Waals surface area contributed by atoms with Crippen molar-refractivity contribution in [3.05, 3.63) is 59.7 Å². The second-order valence-electron chi connectivity index (χ2n) is 4.94. The van der Waals surface area contributed by atoms with Gasteiger partial charge in [0, 0.05) is 13.6 Å². The molecular weight excluding hydrogens is 292 g/mol. The quantitative estimate of drug-likeness (QED) is 0.784. The highest BCUT2D eigenvalue weighted by Gasteiger charge is 2.23. The second kappa shape index (κ2) is 7.99. The fraction of sp³-hybridized carbons (Fsp3) is 0.368. The lowest BCUT2D eigenvalue weighted by Crippen LogP contribution is -2.18. The molecule has 0 aromatic heterocycles. The van der Waals surface area contributed by atoms with Gasteiger partial charge >= 0.3 is 0 Å². The fourth-order valence-electron chi connectivity index (χ4n) is 2.10.